The van der Waals surface area contributed by atoms with Crippen molar-refractivity contribution in [2.24, 2.45) is 11.8 Å². The van der Waals surface area contributed by atoms with Gasteiger partial charge in [0, 0.05) is 0 Å². The van der Waals surface area contributed by atoms with E-state index >= 15 is 0 Å². The topological polar surface area (TPSA) is 35.5 Å². The van der Waals surface area contributed by atoms with Gasteiger partial charge in [-0.3, -0.25) is 0 Å². The van der Waals surface area contributed by atoms with Crippen molar-refractivity contribution in [3.63, 3.8) is 0 Å². The summed E-state index contributed by atoms with van der Waals surface area (Å²) in [6, 6.07) is 0. The van der Waals surface area contributed by atoms with Gasteiger partial charge >= 0.3 is 89.3 Å². The summed E-state index contributed by atoms with van der Waals surface area (Å²) < 4.78 is 11.7. The molecule has 4 aliphatic heterocycles. The van der Waals surface area contributed by atoms with Crippen LogP contribution in [0.5, 0.6) is 0 Å². The van der Waals surface area contributed by atoms with E-state index in [2.05, 4.69) is 6.92 Å². The molecule has 0 aromatic rings. The van der Waals surface area contributed by atoms with Crippen LogP contribution in [0, 0.1) is 11.8 Å². The number of rotatable bonds is 2. The van der Waals surface area contributed by atoms with E-state index in [-0.39, 0.29) is 16.6 Å². The molecule has 4 aliphatic rings. The molecule has 78 valence electrons. The van der Waals surface area contributed by atoms with Crippen LogP contribution in [-0.4, -0.2) is 36.5 Å². The summed E-state index contributed by atoms with van der Waals surface area (Å²) in [7, 11) is 0. The van der Waals surface area contributed by atoms with Crippen molar-refractivity contribution in [1.29, 1.82) is 0 Å². The zero-order valence-electron chi connectivity index (χ0n) is 8.36. The number of Topliss-reactive ketones (excluding diaryl/α,β-unsaturated/α-hetero) is 1. The first-order valence-corrected chi connectivity index (χ1v) is 6.92. The molecule has 0 saturated carbocycles. The summed E-state index contributed by atoms with van der Waals surface area (Å²) in [5.74, 6) is 1.23. The van der Waals surface area contributed by atoms with Gasteiger partial charge in [-0.05, 0) is 0 Å². The fraction of sp³-hybridized carbons (Fsp3) is 0.900. The molecule has 0 unspecified atom stereocenters. The van der Waals surface area contributed by atoms with E-state index in [0.29, 0.717) is 38.2 Å². The fourth-order valence-electron chi connectivity index (χ4n) is 2.84. The number of carbonyl (C=O) groups excluding carboxylic acids is 1. The summed E-state index contributed by atoms with van der Waals surface area (Å²) >= 11 is 0.386. The molecule has 0 radical (unpaired) electrons. The van der Waals surface area contributed by atoms with Crippen LogP contribution in [-0.2, 0) is 14.3 Å². The van der Waals surface area contributed by atoms with Crippen LogP contribution < -0.4 is 0 Å². The maximum absolute atomic E-state index is 11.1. The normalized spacial score (nSPS) is 54.1. The molecule has 0 aromatic heterocycles. The van der Waals surface area contributed by atoms with Crippen molar-refractivity contribution in [3.05, 3.63) is 0 Å². The molecule has 3 nitrogen and oxygen atoms in total. The molecule has 0 spiro atoms. The number of carbonyl (C=O) groups is 1. The Morgan fingerprint density at radius 3 is 3.07 bits per heavy atom. The van der Waals surface area contributed by atoms with Gasteiger partial charge in [0.25, 0.3) is 0 Å². The minimum atomic E-state index is 0.00461. The third-order valence-corrected chi connectivity index (χ3v) is 6.43. The summed E-state index contributed by atoms with van der Waals surface area (Å²) in [6.45, 7) is 3.87. The van der Waals surface area contributed by atoms with Crippen molar-refractivity contribution in [1.82, 2.24) is 0 Å². The Balaban J connectivity index is 1.83. The summed E-state index contributed by atoms with van der Waals surface area (Å²) in [4.78, 5) is 11.1. The van der Waals surface area contributed by atoms with Crippen LogP contribution in [0.4, 0.5) is 0 Å². The predicted octanol–water partition coefficient (Wildman–Crippen LogP) is 0.735. The van der Waals surface area contributed by atoms with E-state index < -0.39 is 0 Å². The van der Waals surface area contributed by atoms with Crippen molar-refractivity contribution >= 4 is 20.7 Å². The number of ether oxygens (including phenoxy) is 2. The van der Waals surface area contributed by atoms with Gasteiger partial charge in [-0.2, -0.15) is 0 Å². The Hall–Kier alpha value is 0.109. The standard InChI is InChI=1S/C10H14O3Se/c1-5(11)3-6-7-4-10(2)13-8(7)12-9(6)14-10/h6-9H,3-4H2,1-2H3/t6-,7-,8-,9+,10-/m1/s1. The maximum atomic E-state index is 11.1. The van der Waals surface area contributed by atoms with Crippen LogP contribution >= 0.6 is 0 Å². The number of hydrogen-bond donors (Lipinski definition) is 0. The molecule has 14 heavy (non-hydrogen) atoms. The fourth-order valence-corrected chi connectivity index (χ4v) is 6.13. The first-order chi connectivity index (χ1) is 6.57. The van der Waals surface area contributed by atoms with Crippen molar-refractivity contribution < 1.29 is 14.3 Å². The third kappa shape index (κ3) is 1.21. The Morgan fingerprint density at radius 1 is 1.64 bits per heavy atom. The van der Waals surface area contributed by atoms with Crippen LogP contribution in [0.15, 0.2) is 0 Å². The van der Waals surface area contributed by atoms with Crippen molar-refractivity contribution in [2.75, 3.05) is 0 Å². The molecule has 0 aliphatic carbocycles. The van der Waals surface area contributed by atoms with Crippen molar-refractivity contribution in [3.8, 4) is 0 Å². The SMILES string of the molecule is CC(=O)C[C@@H]1[C@H]2C[C@]3(C)O[C@H]2O[C@H]1[Se]3. The minimum absolute atomic E-state index is 0.00461. The van der Waals surface area contributed by atoms with E-state index in [1.807, 2.05) is 0 Å². The van der Waals surface area contributed by atoms with E-state index in [1.54, 1.807) is 6.92 Å². The van der Waals surface area contributed by atoms with Crippen LogP contribution in [0.2, 0.25) is 0 Å². The predicted molar refractivity (Wildman–Crippen MR) is 50.8 cm³/mol. The average molecular weight is 261 g/mol. The first kappa shape index (κ1) is 9.34. The van der Waals surface area contributed by atoms with Crippen LogP contribution in [0.3, 0.4) is 0 Å². The van der Waals surface area contributed by atoms with Gasteiger partial charge in [-0.1, -0.05) is 0 Å². The van der Waals surface area contributed by atoms with E-state index in [9.17, 15) is 4.79 Å². The van der Waals surface area contributed by atoms with Crippen molar-refractivity contribution in [2.45, 2.75) is 42.5 Å². The molecule has 0 N–H and O–H groups in total. The monoisotopic (exact) mass is 262 g/mol. The van der Waals surface area contributed by atoms with E-state index in [4.69, 9.17) is 9.47 Å². The van der Waals surface area contributed by atoms with E-state index in [1.165, 1.54) is 0 Å². The molecule has 4 heterocycles. The molecular weight excluding hydrogens is 247 g/mol. The van der Waals surface area contributed by atoms with Gasteiger partial charge in [0.2, 0.25) is 0 Å². The molecule has 4 saturated heterocycles. The number of hydrogen-bond acceptors (Lipinski definition) is 3. The van der Waals surface area contributed by atoms with E-state index in [0.717, 1.165) is 6.42 Å². The number of ketones is 1. The summed E-state index contributed by atoms with van der Waals surface area (Å²) in [5, 5.41) is 0.342. The van der Waals surface area contributed by atoms with Crippen LogP contribution in [0.1, 0.15) is 26.7 Å². The average Bonchev–Trinajstić information content (AvgIpc) is 2.41. The van der Waals surface area contributed by atoms with Gasteiger partial charge in [0.1, 0.15) is 0 Å². The molecular formula is C10H14O3Se. The molecule has 4 bridgehead atoms. The first-order valence-electron chi connectivity index (χ1n) is 5.08. The molecule has 4 heteroatoms. The second kappa shape index (κ2) is 2.82. The molecule has 0 aromatic carbocycles. The van der Waals surface area contributed by atoms with Gasteiger partial charge < -0.3 is 0 Å². The quantitative estimate of drug-likeness (QED) is 0.688. The Bertz CT molecular complexity index is 289. The third-order valence-electron chi connectivity index (χ3n) is 3.38. The molecule has 4 fully saturated rings. The second-order valence-electron chi connectivity index (χ2n) is 4.68. The zero-order chi connectivity index (χ0) is 9.92. The van der Waals surface area contributed by atoms with Gasteiger partial charge in [0.05, 0.1) is 0 Å². The van der Waals surface area contributed by atoms with Gasteiger partial charge in [-0.25, -0.2) is 0 Å². The van der Waals surface area contributed by atoms with Gasteiger partial charge in [-0.15, -0.1) is 0 Å². The zero-order valence-corrected chi connectivity index (χ0v) is 10.1. The molecule has 5 atom stereocenters. The second-order valence-corrected chi connectivity index (χ2v) is 7.96. The van der Waals surface area contributed by atoms with Gasteiger partial charge in [0.15, 0.2) is 0 Å². The Morgan fingerprint density at radius 2 is 2.43 bits per heavy atom. The Kier molecular flexibility index (Phi) is 1.88. The molecule has 4 rings (SSSR count). The molecule has 0 amide bonds. The summed E-state index contributed by atoms with van der Waals surface area (Å²) in [6.07, 6.45) is 1.80. The Labute approximate surface area is 89.7 Å². The van der Waals surface area contributed by atoms with Crippen LogP contribution in [0.25, 0.3) is 0 Å². The summed E-state index contributed by atoms with van der Waals surface area (Å²) in [5.41, 5.74) is 0.